The monoisotopic (exact) mass is 246 g/mol. The maximum atomic E-state index is 13.8. The summed E-state index contributed by atoms with van der Waals surface area (Å²) in [7, 11) is 0. The lowest BCUT2D eigenvalue weighted by Gasteiger charge is -2.25. The standard InChI is InChI=1S/C14H15FN2O/c1-2-17(13-6-4-3-5-12(13)15)14-9-16-8-7-11(14)10-18/h3-9,18H,2,10H2,1H3. The molecule has 0 unspecified atom stereocenters. The van der Waals surface area contributed by atoms with Crippen LogP contribution < -0.4 is 4.90 Å². The Balaban J connectivity index is 2.49. The van der Waals surface area contributed by atoms with E-state index in [1.807, 2.05) is 6.92 Å². The van der Waals surface area contributed by atoms with Crippen LogP contribution in [0.1, 0.15) is 12.5 Å². The zero-order valence-corrected chi connectivity index (χ0v) is 10.2. The van der Waals surface area contributed by atoms with Crippen molar-refractivity contribution in [3.8, 4) is 0 Å². The predicted octanol–water partition coefficient (Wildman–Crippen LogP) is 2.87. The van der Waals surface area contributed by atoms with Crippen molar-refractivity contribution in [1.29, 1.82) is 0 Å². The highest BCUT2D eigenvalue weighted by Crippen LogP contribution is 2.29. The third-order valence-electron chi connectivity index (χ3n) is 2.81. The molecule has 0 bridgehead atoms. The summed E-state index contributed by atoms with van der Waals surface area (Å²) in [6.45, 7) is 2.43. The molecule has 0 aliphatic carbocycles. The van der Waals surface area contributed by atoms with E-state index >= 15 is 0 Å². The molecule has 0 saturated carbocycles. The van der Waals surface area contributed by atoms with Crippen LogP contribution in [-0.4, -0.2) is 16.6 Å². The Labute approximate surface area is 106 Å². The van der Waals surface area contributed by atoms with Crippen molar-refractivity contribution in [1.82, 2.24) is 4.98 Å². The van der Waals surface area contributed by atoms with E-state index in [-0.39, 0.29) is 12.4 Å². The molecular formula is C14H15FN2O. The molecule has 3 nitrogen and oxygen atoms in total. The van der Waals surface area contributed by atoms with Crippen molar-refractivity contribution in [3.63, 3.8) is 0 Å². The Morgan fingerprint density at radius 2 is 2.00 bits per heavy atom. The summed E-state index contributed by atoms with van der Waals surface area (Å²) in [5.74, 6) is -0.285. The van der Waals surface area contributed by atoms with Gasteiger partial charge in [-0.05, 0) is 25.1 Å². The highest BCUT2D eigenvalue weighted by Gasteiger charge is 2.14. The van der Waals surface area contributed by atoms with E-state index in [9.17, 15) is 9.50 Å². The van der Waals surface area contributed by atoms with Crippen molar-refractivity contribution in [2.24, 2.45) is 0 Å². The van der Waals surface area contributed by atoms with Gasteiger partial charge in [0.25, 0.3) is 0 Å². The number of hydrogen-bond acceptors (Lipinski definition) is 3. The second-order valence-corrected chi connectivity index (χ2v) is 3.86. The summed E-state index contributed by atoms with van der Waals surface area (Å²) in [5, 5.41) is 9.33. The zero-order chi connectivity index (χ0) is 13.0. The molecule has 1 heterocycles. The molecule has 2 aromatic rings. The average molecular weight is 246 g/mol. The lowest BCUT2D eigenvalue weighted by Crippen LogP contribution is -2.19. The molecule has 0 radical (unpaired) electrons. The Kier molecular flexibility index (Phi) is 3.89. The number of aromatic nitrogens is 1. The topological polar surface area (TPSA) is 36.4 Å². The molecular weight excluding hydrogens is 231 g/mol. The molecule has 18 heavy (non-hydrogen) atoms. The number of pyridine rings is 1. The maximum absolute atomic E-state index is 13.8. The molecule has 1 aromatic carbocycles. The second-order valence-electron chi connectivity index (χ2n) is 3.86. The van der Waals surface area contributed by atoms with Crippen LogP contribution in [0.15, 0.2) is 42.7 Å². The summed E-state index contributed by atoms with van der Waals surface area (Å²) in [6.07, 6.45) is 3.26. The number of nitrogens with zero attached hydrogens (tertiary/aromatic N) is 2. The van der Waals surface area contributed by atoms with Crippen LogP contribution in [0.3, 0.4) is 0 Å². The molecule has 0 aliphatic heterocycles. The van der Waals surface area contributed by atoms with Gasteiger partial charge in [-0.3, -0.25) is 4.98 Å². The number of aliphatic hydroxyl groups excluding tert-OH is 1. The van der Waals surface area contributed by atoms with Gasteiger partial charge in [0.1, 0.15) is 5.82 Å². The minimum absolute atomic E-state index is 0.0944. The second kappa shape index (κ2) is 5.60. The van der Waals surface area contributed by atoms with Gasteiger partial charge in [0.05, 0.1) is 24.2 Å². The first-order valence-electron chi connectivity index (χ1n) is 5.83. The average Bonchev–Trinajstić information content (AvgIpc) is 2.42. The Morgan fingerprint density at radius 3 is 2.67 bits per heavy atom. The van der Waals surface area contributed by atoms with Crippen LogP contribution in [-0.2, 0) is 6.61 Å². The zero-order valence-electron chi connectivity index (χ0n) is 10.2. The number of para-hydroxylation sites is 1. The highest BCUT2D eigenvalue weighted by atomic mass is 19.1. The van der Waals surface area contributed by atoms with E-state index in [4.69, 9.17) is 0 Å². The molecule has 1 N–H and O–H groups in total. The van der Waals surface area contributed by atoms with Crippen molar-refractivity contribution in [2.75, 3.05) is 11.4 Å². The quantitative estimate of drug-likeness (QED) is 0.901. The summed E-state index contributed by atoms with van der Waals surface area (Å²) in [6, 6.07) is 8.32. The molecule has 1 aromatic heterocycles. The van der Waals surface area contributed by atoms with Gasteiger partial charge in [0.15, 0.2) is 0 Å². The van der Waals surface area contributed by atoms with Crippen molar-refractivity contribution < 1.29 is 9.50 Å². The smallest absolute Gasteiger partial charge is 0.146 e. The number of hydrogen-bond donors (Lipinski definition) is 1. The number of aliphatic hydroxyl groups is 1. The summed E-state index contributed by atoms with van der Waals surface area (Å²) < 4.78 is 13.8. The van der Waals surface area contributed by atoms with Crippen LogP contribution in [0, 0.1) is 5.82 Å². The number of benzene rings is 1. The van der Waals surface area contributed by atoms with E-state index in [0.29, 0.717) is 12.2 Å². The fourth-order valence-electron chi connectivity index (χ4n) is 1.93. The first kappa shape index (κ1) is 12.5. The molecule has 94 valence electrons. The normalized spacial score (nSPS) is 10.4. The van der Waals surface area contributed by atoms with Crippen molar-refractivity contribution in [3.05, 3.63) is 54.1 Å². The Hall–Kier alpha value is -1.94. The fourth-order valence-corrected chi connectivity index (χ4v) is 1.93. The van der Waals surface area contributed by atoms with E-state index in [0.717, 1.165) is 11.3 Å². The predicted molar refractivity (Wildman–Crippen MR) is 69.2 cm³/mol. The van der Waals surface area contributed by atoms with Gasteiger partial charge in [0.2, 0.25) is 0 Å². The maximum Gasteiger partial charge on any atom is 0.146 e. The number of rotatable bonds is 4. The third-order valence-corrected chi connectivity index (χ3v) is 2.81. The van der Waals surface area contributed by atoms with Gasteiger partial charge >= 0.3 is 0 Å². The van der Waals surface area contributed by atoms with E-state index < -0.39 is 0 Å². The Bertz CT molecular complexity index is 531. The Morgan fingerprint density at radius 1 is 1.22 bits per heavy atom. The van der Waals surface area contributed by atoms with Crippen molar-refractivity contribution >= 4 is 11.4 Å². The lowest BCUT2D eigenvalue weighted by molar-refractivity contribution is 0.282. The van der Waals surface area contributed by atoms with Crippen LogP contribution in [0.4, 0.5) is 15.8 Å². The molecule has 0 atom stereocenters. The van der Waals surface area contributed by atoms with Gasteiger partial charge in [-0.25, -0.2) is 4.39 Å². The molecule has 0 aliphatic rings. The molecule has 4 heteroatoms. The lowest BCUT2D eigenvalue weighted by atomic mass is 10.2. The van der Waals surface area contributed by atoms with E-state index in [2.05, 4.69) is 4.98 Å². The number of anilines is 2. The summed E-state index contributed by atoms with van der Waals surface area (Å²) in [4.78, 5) is 5.84. The first-order valence-corrected chi connectivity index (χ1v) is 5.83. The van der Waals surface area contributed by atoms with Gasteiger partial charge in [-0.15, -0.1) is 0 Å². The highest BCUT2D eigenvalue weighted by molar-refractivity contribution is 5.65. The van der Waals surface area contributed by atoms with E-state index in [1.165, 1.54) is 6.07 Å². The van der Waals surface area contributed by atoms with Crippen molar-refractivity contribution in [2.45, 2.75) is 13.5 Å². The molecule has 0 fully saturated rings. The largest absolute Gasteiger partial charge is 0.392 e. The first-order chi connectivity index (χ1) is 8.77. The van der Waals surface area contributed by atoms with Crippen LogP contribution >= 0.6 is 0 Å². The van der Waals surface area contributed by atoms with E-state index in [1.54, 1.807) is 41.6 Å². The minimum Gasteiger partial charge on any atom is -0.392 e. The summed E-state index contributed by atoms with van der Waals surface area (Å²) >= 11 is 0. The van der Waals surface area contributed by atoms with Gasteiger partial charge in [0, 0.05) is 18.3 Å². The fraction of sp³-hybridized carbons (Fsp3) is 0.214. The molecule has 0 saturated heterocycles. The van der Waals surface area contributed by atoms with Gasteiger partial charge < -0.3 is 10.0 Å². The molecule has 0 amide bonds. The summed E-state index contributed by atoms with van der Waals surface area (Å²) in [5.41, 5.74) is 1.95. The van der Waals surface area contributed by atoms with Gasteiger partial charge in [-0.1, -0.05) is 12.1 Å². The molecule has 2 rings (SSSR count). The SMILES string of the molecule is CCN(c1ccccc1F)c1cnccc1CO. The van der Waals surface area contributed by atoms with Crippen LogP contribution in [0.2, 0.25) is 0 Å². The number of halogens is 1. The molecule has 0 spiro atoms. The van der Waals surface area contributed by atoms with Crippen LogP contribution in [0.5, 0.6) is 0 Å². The van der Waals surface area contributed by atoms with Crippen LogP contribution in [0.25, 0.3) is 0 Å². The van der Waals surface area contributed by atoms with Gasteiger partial charge in [-0.2, -0.15) is 0 Å². The third kappa shape index (κ3) is 2.33. The minimum atomic E-state index is -0.285.